The van der Waals surface area contributed by atoms with Crippen LogP contribution in [0.15, 0.2) is 36.0 Å². The molecule has 0 aromatic heterocycles. The lowest BCUT2D eigenvalue weighted by molar-refractivity contribution is -0.127. The fourth-order valence-electron chi connectivity index (χ4n) is 2.67. The van der Waals surface area contributed by atoms with E-state index in [0.29, 0.717) is 44.0 Å². The van der Waals surface area contributed by atoms with E-state index in [2.05, 4.69) is 10.6 Å². The van der Waals surface area contributed by atoms with Gasteiger partial charge in [0.25, 0.3) is 5.91 Å². The molecule has 1 aliphatic heterocycles. The number of hydrogen-bond donors (Lipinski definition) is 2. The van der Waals surface area contributed by atoms with Gasteiger partial charge in [-0.25, -0.2) is 0 Å². The van der Waals surface area contributed by atoms with E-state index in [9.17, 15) is 14.9 Å². The Bertz CT molecular complexity index is 709. The number of rotatable bonds is 9. The van der Waals surface area contributed by atoms with Crippen molar-refractivity contribution in [2.45, 2.75) is 26.2 Å². The van der Waals surface area contributed by atoms with Gasteiger partial charge in [0, 0.05) is 32.3 Å². The number of nitrogens with zero attached hydrogens (tertiary/aromatic N) is 2. The SMILES string of the molecule is CCOc1ccccc1N/C=C(/C#N)C(=O)NCCCN1CCCC1=O. The van der Waals surface area contributed by atoms with E-state index >= 15 is 0 Å². The fraction of sp³-hybridized carbons (Fsp3) is 0.421. The fourth-order valence-corrected chi connectivity index (χ4v) is 2.67. The van der Waals surface area contributed by atoms with E-state index in [4.69, 9.17) is 4.74 Å². The summed E-state index contributed by atoms with van der Waals surface area (Å²) in [5.74, 6) is 0.381. The summed E-state index contributed by atoms with van der Waals surface area (Å²) in [6.07, 6.45) is 3.55. The number of carbonyl (C=O) groups is 2. The number of nitrogens with one attached hydrogen (secondary N) is 2. The van der Waals surface area contributed by atoms with E-state index < -0.39 is 5.91 Å². The Morgan fingerprint density at radius 3 is 2.92 bits per heavy atom. The molecule has 0 unspecified atom stereocenters. The second-order valence-corrected chi connectivity index (χ2v) is 5.84. The largest absolute Gasteiger partial charge is 0.492 e. The maximum Gasteiger partial charge on any atom is 0.263 e. The van der Waals surface area contributed by atoms with Gasteiger partial charge in [-0.3, -0.25) is 9.59 Å². The molecule has 26 heavy (non-hydrogen) atoms. The first kappa shape index (κ1) is 19.3. The van der Waals surface area contributed by atoms with Crippen LogP contribution in [0.4, 0.5) is 5.69 Å². The average molecular weight is 356 g/mol. The van der Waals surface area contributed by atoms with Gasteiger partial charge >= 0.3 is 0 Å². The van der Waals surface area contributed by atoms with E-state index in [1.165, 1.54) is 6.20 Å². The van der Waals surface area contributed by atoms with Crippen LogP contribution >= 0.6 is 0 Å². The molecule has 0 spiro atoms. The van der Waals surface area contributed by atoms with Gasteiger partial charge in [-0.2, -0.15) is 5.26 Å². The summed E-state index contributed by atoms with van der Waals surface area (Å²) < 4.78 is 5.49. The summed E-state index contributed by atoms with van der Waals surface area (Å²) in [5.41, 5.74) is 0.663. The van der Waals surface area contributed by atoms with Crippen molar-refractivity contribution in [3.8, 4) is 11.8 Å². The van der Waals surface area contributed by atoms with Crippen LogP contribution in [-0.4, -0.2) is 43.0 Å². The van der Waals surface area contributed by atoms with Crippen molar-refractivity contribution in [1.29, 1.82) is 5.26 Å². The van der Waals surface area contributed by atoms with Gasteiger partial charge in [0.2, 0.25) is 5.91 Å². The van der Waals surface area contributed by atoms with Gasteiger partial charge in [0.05, 0.1) is 12.3 Å². The van der Waals surface area contributed by atoms with Crippen LogP contribution in [0.5, 0.6) is 5.75 Å². The molecule has 1 saturated heterocycles. The van der Waals surface area contributed by atoms with Crippen molar-refractivity contribution in [2.75, 3.05) is 31.6 Å². The van der Waals surface area contributed by atoms with Crippen LogP contribution in [0.3, 0.4) is 0 Å². The smallest absolute Gasteiger partial charge is 0.263 e. The van der Waals surface area contributed by atoms with Crippen LogP contribution in [0.25, 0.3) is 0 Å². The third-order valence-corrected chi connectivity index (χ3v) is 3.99. The maximum atomic E-state index is 12.1. The molecule has 0 aliphatic carbocycles. The minimum Gasteiger partial charge on any atom is -0.492 e. The standard InChI is InChI=1S/C19H24N4O3/c1-2-26-17-8-4-3-7-16(17)22-14-15(13-20)19(25)21-10-6-12-23-11-5-9-18(23)24/h3-4,7-8,14,22H,2,5-6,9-12H2,1H3,(H,21,25)/b15-14-. The highest BCUT2D eigenvalue weighted by atomic mass is 16.5. The second-order valence-electron chi connectivity index (χ2n) is 5.84. The maximum absolute atomic E-state index is 12.1. The zero-order valence-corrected chi connectivity index (χ0v) is 15.0. The van der Waals surface area contributed by atoms with E-state index in [-0.39, 0.29) is 11.5 Å². The lowest BCUT2D eigenvalue weighted by Crippen LogP contribution is -2.31. The number of carbonyl (C=O) groups excluding carboxylic acids is 2. The minimum atomic E-state index is -0.443. The molecule has 7 heteroatoms. The molecule has 0 bridgehead atoms. The molecular formula is C19H24N4O3. The zero-order chi connectivity index (χ0) is 18.8. The number of ether oxygens (including phenoxy) is 1. The summed E-state index contributed by atoms with van der Waals surface area (Å²) >= 11 is 0. The zero-order valence-electron chi connectivity index (χ0n) is 15.0. The highest BCUT2D eigenvalue weighted by Crippen LogP contribution is 2.23. The molecule has 1 aliphatic rings. The number of amides is 2. The molecule has 2 amide bonds. The normalized spacial score (nSPS) is 14.1. The van der Waals surface area contributed by atoms with E-state index in [1.54, 1.807) is 11.0 Å². The Hall–Kier alpha value is -3.01. The first-order chi connectivity index (χ1) is 12.7. The summed E-state index contributed by atoms with van der Waals surface area (Å²) in [5, 5.41) is 14.9. The molecule has 1 fully saturated rings. The molecular weight excluding hydrogens is 332 g/mol. The van der Waals surface area contributed by atoms with Gasteiger partial charge < -0.3 is 20.3 Å². The highest BCUT2D eigenvalue weighted by Gasteiger charge is 2.19. The van der Waals surface area contributed by atoms with Crippen LogP contribution in [0.2, 0.25) is 0 Å². The van der Waals surface area contributed by atoms with Gasteiger partial charge in [-0.05, 0) is 31.9 Å². The average Bonchev–Trinajstić information content (AvgIpc) is 3.05. The molecule has 7 nitrogen and oxygen atoms in total. The first-order valence-electron chi connectivity index (χ1n) is 8.80. The molecule has 1 heterocycles. The summed E-state index contributed by atoms with van der Waals surface area (Å²) in [6, 6.07) is 9.20. The molecule has 0 atom stereocenters. The number of benzene rings is 1. The molecule has 138 valence electrons. The van der Waals surface area contributed by atoms with Crippen molar-refractivity contribution in [1.82, 2.24) is 10.2 Å². The summed E-state index contributed by atoms with van der Waals surface area (Å²) in [7, 11) is 0. The monoisotopic (exact) mass is 356 g/mol. The molecule has 1 aromatic carbocycles. The van der Waals surface area contributed by atoms with Crippen molar-refractivity contribution >= 4 is 17.5 Å². The summed E-state index contributed by atoms with van der Waals surface area (Å²) in [6.45, 7) is 4.24. The van der Waals surface area contributed by atoms with Crippen LogP contribution in [0.1, 0.15) is 26.2 Å². The number of likely N-dealkylation sites (tertiary alicyclic amines) is 1. The van der Waals surface area contributed by atoms with E-state index in [1.807, 2.05) is 31.2 Å². The lowest BCUT2D eigenvalue weighted by Gasteiger charge is -2.15. The second kappa shape index (κ2) is 10.1. The first-order valence-corrected chi connectivity index (χ1v) is 8.80. The van der Waals surface area contributed by atoms with Gasteiger partial charge in [-0.15, -0.1) is 0 Å². The summed E-state index contributed by atoms with van der Waals surface area (Å²) in [4.78, 5) is 25.4. The number of hydrogen-bond acceptors (Lipinski definition) is 5. The molecule has 2 rings (SSSR count). The van der Waals surface area contributed by atoms with Crippen molar-refractivity contribution in [3.63, 3.8) is 0 Å². The van der Waals surface area contributed by atoms with Gasteiger partial charge in [0.15, 0.2) is 0 Å². The van der Waals surface area contributed by atoms with E-state index in [0.717, 1.165) is 13.0 Å². The number of nitriles is 1. The number of anilines is 1. The Balaban J connectivity index is 1.83. The molecule has 0 radical (unpaired) electrons. The van der Waals surface area contributed by atoms with Gasteiger partial charge in [0.1, 0.15) is 17.4 Å². The third-order valence-electron chi connectivity index (χ3n) is 3.99. The predicted molar refractivity (Wildman–Crippen MR) is 98.4 cm³/mol. The van der Waals surface area contributed by atoms with Crippen molar-refractivity contribution in [3.05, 3.63) is 36.0 Å². The van der Waals surface area contributed by atoms with Crippen LogP contribution in [-0.2, 0) is 9.59 Å². The molecule has 0 saturated carbocycles. The Morgan fingerprint density at radius 2 is 2.23 bits per heavy atom. The third kappa shape index (κ3) is 5.52. The quantitative estimate of drug-likeness (QED) is 0.401. The molecule has 1 aromatic rings. The lowest BCUT2D eigenvalue weighted by atomic mass is 10.2. The minimum absolute atomic E-state index is 0.0199. The van der Waals surface area contributed by atoms with Crippen molar-refractivity contribution < 1.29 is 14.3 Å². The van der Waals surface area contributed by atoms with Crippen LogP contribution < -0.4 is 15.4 Å². The molecule has 2 N–H and O–H groups in total. The number of para-hydroxylation sites is 2. The predicted octanol–water partition coefficient (Wildman–Crippen LogP) is 2.03. The Kier molecular flexibility index (Phi) is 7.49. The van der Waals surface area contributed by atoms with Crippen molar-refractivity contribution in [2.24, 2.45) is 0 Å². The Morgan fingerprint density at radius 1 is 1.42 bits per heavy atom. The Labute approximate surface area is 153 Å². The van der Waals surface area contributed by atoms with Crippen LogP contribution in [0, 0.1) is 11.3 Å². The van der Waals surface area contributed by atoms with Gasteiger partial charge in [-0.1, -0.05) is 12.1 Å². The highest BCUT2D eigenvalue weighted by molar-refractivity contribution is 5.97. The topological polar surface area (TPSA) is 94.5 Å².